The van der Waals surface area contributed by atoms with Gasteiger partial charge in [0.05, 0.1) is 0 Å². The normalized spacial score (nSPS) is 16.9. The predicted molar refractivity (Wildman–Crippen MR) is 103 cm³/mol. The average Bonchev–Trinajstić information content (AvgIpc) is 2.48. The maximum Gasteiger partial charge on any atom is 0.221 e. The summed E-state index contributed by atoms with van der Waals surface area (Å²) in [6, 6.07) is 11.8. The van der Waals surface area contributed by atoms with E-state index in [2.05, 4.69) is 17.3 Å². The summed E-state index contributed by atoms with van der Waals surface area (Å²) in [5, 5.41) is 4.18. The van der Waals surface area contributed by atoms with Gasteiger partial charge in [-0.3, -0.25) is 4.79 Å². The molecular formula is C18H19Cl3N2O. The van der Waals surface area contributed by atoms with Crippen molar-refractivity contribution in [1.82, 2.24) is 4.90 Å². The number of anilines is 1. The van der Waals surface area contributed by atoms with E-state index in [0.29, 0.717) is 5.02 Å². The van der Waals surface area contributed by atoms with Gasteiger partial charge in [-0.25, -0.2) is 0 Å². The third-order valence-electron chi connectivity index (χ3n) is 4.13. The van der Waals surface area contributed by atoms with Gasteiger partial charge in [0.15, 0.2) is 0 Å². The molecule has 2 aromatic rings. The van der Waals surface area contributed by atoms with Crippen molar-refractivity contribution in [3.05, 3.63) is 63.1 Å². The van der Waals surface area contributed by atoms with E-state index in [9.17, 15) is 4.79 Å². The number of benzene rings is 2. The second-order valence-electron chi connectivity index (χ2n) is 6.01. The van der Waals surface area contributed by atoms with Crippen LogP contribution >= 0.6 is 35.6 Å². The molecule has 0 spiro atoms. The Morgan fingerprint density at radius 2 is 1.88 bits per heavy atom. The van der Waals surface area contributed by atoms with Crippen molar-refractivity contribution in [2.45, 2.75) is 19.4 Å². The van der Waals surface area contributed by atoms with E-state index >= 15 is 0 Å². The van der Waals surface area contributed by atoms with E-state index in [4.69, 9.17) is 23.2 Å². The molecule has 2 aromatic carbocycles. The van der Waals surface area contributed by atoms with Crippen LogP contribution in [-0.4, -0.2) is 24.4 Å². The molecule has 0 saturated carbocycles. The number of likely N-dealkylation sites (N-methyl/N-ethyl adjacent to an activating group) is 1. The molecule has 1 aliphatic heterocycles. The van der Waals surface area contributed by atoms with Crippen LogP contribution in [0.4, 0.5) is 5.69 Å². The number of nitrogens with zero attached hydrogens (tertiary/aromatic N) is 1. The van der Waals surface area contributed by atoms with Gasteiger partial charge in [-0.15, -0.1) is 12.4 Å². The molecule has 1 aliphatic rings. The maximum absolute atomic E-state index is 11.1. The van der Waals surface area contributed by atoms with Gasteiger partial charge in [0.1, 0.15) is 0 Å². The quantitative estimate of drug-likeness (QED) is 0.793. The largest absolute Gasteiger partial charge is 0.326 e. The molecule has 1 amide bonds. The van der Waals surface area contributed by atoms with E-state index in [-0.39, 0.29) is 24.2 Å². The summed E-state index contributed by atoms with van der Waals surface area (Å²) >= 11 is 12.6. The number of carbonyl (C=O) groups excluding carboxylic acids is 1. The molecule has 1 heterocycles. The SMILES string of the molecule is CC(=O)Nc1ccc(C2CN(C)Cc3c(Cl)cc(Cl)cc32)cc1.Cl. The van der Waals surface area contributed by atoms with E-state index in [1.54, 1.807) is 6.07 Å². The van der Waals surface area contributed by atoms with Crippen molar-refractivity contribution in [2.24, 2.45) is 0 Å². The summed E-state index contributed by atoms with van der Waals surface area (Å²) in [4.78, 5) is 13.4. The Labute approximate surface area is 158 Å². The van der Waals surface area contributed by atoms with Crippen molar-refractivity contribution in [3.63, 3.8) is 0 Å². The summed E-state index contributed by atoms with van der Waals surface area (Å²) in [7, 11) is 2.09. The topological polar surface area (TPSA) is 32.3 Å². The fraction of sp³-hybridized carbons (Fsp3) is 0.278. The lowest BCUT2D eigenvalue weighted by molar-refractivity contribution is -0.114. The monoisotopic (exact) mass is 384 g/mol. The lowest BCUT2D eigenvalue weighted by Gasteiger charge is -2.33. The molecule has 3 rings (SSSR count). The first-order chi connectivity index (χ1) is 10.9. The van der Waals surface area contributed by atoms with Crippen LogP contribution in [0.2, 0.25) is 10.0 Å². The van der Waals surface area contributed by atoms with Crippen LogP contribution < -0.4 is 5.32 Å². The summed E-state index contributed by atoms with van der Waals surface area (Å²) in [6.45, 7) is 3.24. The Morgan fingerprint density at radius 3 is 2.50 bits per heavy atom. The molecule has 0 fully saturated rings. The molecular weight excluding hydrogens is 367 g/mol. The molecule has 128 valence electrons. The molecule has 0 bridgehead atoms. The Morgan fingerprint density at radius 1 is 1.21 bits per heavy atom. The Kier molecular flexibility index (Phi) is 6.16. The van der Waals surface area contributed by atoms with E-state index in [1.807, 2.05) is 30.3 Å². The fourth-order valence-corrected chi connectivity index (χ4v) is 3.70. The molecule has 6 heteroatoms. The summed E-state index contributed by atoms with van der Waals surface area (Å²) in [5.41, 5.74) is 4.31. The van der Waals surface area contributed by atoms with Crippen LogP contribution in [0.1, 0.15) is 29.5 Å². The Balaban J connectivity index is 0.00000208. The third kappa shape index (κ3) is 4.04. The van der Waals surface area contributed by atoms with Crippen molar-refractivity contribution in [2.75, 3.05) is 18.9 Å². The first kappa shape index (κ1) is 19.1. The highest BCUT2D eigenvalue weighted by Crippen LogP contribution is 2.38. The minimum absolute atomic E-state index is 0. The highest BCUT2D eigenvalue weighted by molar-refractivity contribution is 6.35. The zero-order chi connectivity index (χ0) is 16.6. The van der Waals surface area contributed by atoms with Gasteiger partial charge >= 0.3 is 0 Å². The molecule has 1 unspecified atom stereocenters. The van der Waals surface area contributed by atoms with Gasteiger partial charge in [-0.1, -0.05) is 35.3 Å². The molecule has 0 aliphatic carbocycles. The van der Waals surface area contributed by atoms with E-state index < -0.39 is 0 Å². The first-order valence-corrected chi connectivity index (χ1v) is 8.23. The van der Waals surface area contributed by atoms with Crippen LogP contribution in [0.15, 0.2) is 36.4 Å². The van der Waals surface area contributed by atoms with Gasteiger partial charge in [-0.05, 0) is 48.0 Å². The molecule has 1 N–H and O–H groups in total. The number of halogens is 3. The van der Waals surface area contributed by atoms with Gasteiger partial charge < -0.3 is 10.2 Å². The highest BCUT2D eigenvalue weighted by atomic mass is 35.5. The zero-order valence-corrected chi connectivity index (χ0v) is 15.8. The van der Waals surface area contributed by atoms with Crippen molar-refractivity contribution in [3.8, 4) is 0 Å². The third-order valence-corrected chi connectivity index (χ3v) is 4.68. The second kappa shape index (κ2) is 7.75. The van der Waals surface area contributed by atoms with E-state index in [0.717, 1.165) is 29.4 Å². The summed E-state index contributed by atoms with van der Waals surface area (Å²) < 4.78 is 0. The van der Waals surface area contributed by atoms with Crippen LogP contribution in [0.25, 0.3) is 0 Å². The van der Waals surface area contributed by atoms with Gasteiger partial charge in [-0.2, -0.15) is 0 Å². The van der Waals surface area contributed by atoms with Crippen LogP contribution in [0.5, 0.6) is 0 Å². The van der Waals surface area contributed by atoms with Crippen LogP contribution in [0, 0.1) is 0 Å². The van der Waals surface area contributed by atoms with Gasteiger partial charge in [0.25, 0.3) is 0 Å². The molecule has 3 nitrogen and oxygen atoms in total. The molecule has 0 aromatic heterocycles. The minimum atomic E-state index is -0.0703. The number of rotatable bonds is 2. The van der Waals surface area contributed by atoms with E-state index in [1.165, 1.54) is 18.1 Å². The van der Waals surface area contributed by atoms with Crippen LogP contribution in [-0.2, 0) is 11.3 Å². The number of hydrogen-bond donors (Lipinski definition) is 1. The number of fused-ring (bicyclic) bond motifs is 1. The number of carbonyl (C=O) groups is 1. The minimum Gasteiger partial charge on any atom is -0.326 e. The molecule has 24 heavy (non-hydrogen) atoms. The lowest BCUT2D eigenvalue weighted by Crippen LogP contribution is -2.31. The Bertz CT molecular complexity index is 747. The lowest BCUT2D eigenvalue weighted by atomic mass is 9.84. The summed E-state index contributed by atoms with van der Waals surface area (Å²) in [5.74, 6) is 0.144. The number of nitrogens with one attached hydrogen (secondary N) is 1. The Hall–Kier alpha value is -1.26. The molecule has 0 saturated heterocycles. The number of amides is 1. The standard InChI is InChI=1S/C18H18Cl2N2O.ClH/c1-11(23)21-14-5-3-12(4-6-14)16-9-22(2)10-17-15(16)7-13(19)8-18(17)20;/h3-8,16H,9-10H2,1-2H3,(H,21,23);1H. The summed E-state index contributed by atoms with van der Waals surface area (Å²) in [6.07, 6.45) is 0. The maximum atomic E-state index is 11.1. The molecule has 0 radical (unpaired) electrons. The molecule has 1 atom stereocenters. The van der Waals surface area contributed by atoms with Crippen molar-refractivity contribution < 1.29 is 4.79 Å². The predicted octanol–water partition coefficient (Wildman–Crippen LogP) is 4.95. The first-order valence-electron chi connectivity index (χ1n) is 7.48. The van der Waals surface area contributed by atoms with Gasteiger partial charge in [0, 0.05) is 41.7 Å². The highest BCUT2D eigenvalue weighted by Gasteiger charge is 2.26. The second-order valence-corrected chi connectivity index (χ2v) is 6.85. The van der Waals surface area contributed by atoms with Crippen molar-refractivity contribution in [1.29, 1.82) is 0 Å². The number of hydrogen-bond acceptors (Lipinski definition) is 2. The van der Waals surface area contributed by atoms with Gasteiger partial charge in [0.2, 0.25) is 5.91 Å². The zero-order valence-electron chi connectivity index (χ0n) is 13.5. The fourth-order valence-electron chi connectivity index (χ4n) is 3.13. The average molecular weight is 386 g/mol. The van der Waals surface area contributed by atoms with Crippen molar-refractivity contribution >= 4 is 47.2 Å². The van der Waals surface area contributed by atoms with Crippen LogP contribution in [0.3, 0.4) is 0 Å². The smallest absolute Gasteiger partial charge is 0.221 e.